The number of hydrogen-bond acceptors (Lipinski definition) is 3. The van der Waals surface area contributed by atoms with Crippen LogP contribution in [0.3, 0.4) is 0 Å². The first-order valence-corrected chi connectivity index (χ1v) is 8.31. The molecule has 1 amide bonds. The maximum Gasteiger partial charge on any atom is 0.285 e. The molecule has 0 fully saturated rings. The molecule has 0 heterocycles. The van der Waals surface area contributed by atoms with Crippen LogP contribution in [0, 0.1) is 17.0 Å². The van der Waals surface area contributed by atoms with Gasteiger partial charge >= 0.3 is 0 Å². The van der Waals surface area contributed by atoms with E-state index in [1.54, 1.807) is 19.1 Å². The molecule has 0 radical (unpaired) electrons. The fraction of sp³-hybridized carbons (Fsp3) is 0.0952. The minimum absolute atomic E-state index is 0.0683. The lowest BCUT2D eigenvalue weighted by atomic mass is 10.0. The van der Waals surface area contributed by atoms with Crippen LogP contribution in [0.15, 0.2) is 60.7 Å². The van der Waals surface area contributed by atoms with Gasteiger partial charge in [0.2, 0.25) is 0 Å². The summed E-state index contributed by atoms with van der Waals surface area (Å²) in [6.45, 7) is 1.63. The molecule has 3 aromatic rings. The molecule has 0 aromatic heterocycles. The topological polar surface area (TPSA) is 72.2 Å². The summed E-state index contributed by atoms with van der Waals surface area (Å²) in [7, 11) is 0. The molecule has 0 unspecified atom stereocenters. The molecule has 1 N–H and O–H groups in total. The van der Waals surface area contributed by atoms with Gasteiger partial charge in [-0.05, 0) is 53.8 Å². The second-order valence-electron chi connectivity index (χ2n) is 6.39. The van der Waals surface area contributed by atoms with E-state index in [0.29, 0.717) is 11.3 Å². The van der Waals surface area contributed by atoms with Crippen molar-refractivity contribution in [1.29, 1.82) is 0 Å². The molecule has 0 aliphatic heterocycles. The molecule has 4 rings (SSSR count). The highest BCUT2D eigenvalue weighted by Gasteiger charge is 2.23. The Morgan fingerprint density at radius 3 is 2.58 bits per heavy atom. The molecule has 0 spiro atoms. The van der Waals surface area contributed by atoms with E-state index in [2.05, 4.69) is 17.4 Å². The van der Waals surface area contributed by atoms with Gasteiger partial charge in [0.15, 0.2) is 0 Å². The quantitative estimate of drug-likeness (QED) is 0.431. The maximum atomic E-state index is 12.6. The van der Waals surface area contributed by atoms with Crippen LogP contribution in [0.5, 0.6) is 0 Å². The van der Waals surface area contributed by atoms with E-state index in [-0.39, 0.29) is 11.3 Å². The summed E-state index contributed by atoms with van der Waals surface area (Å²) >= 11 is 0. The van der Waals surface area contributed by atoms with Gasteiger partial charge in [0, 0.05) is 11.3 Å². The Balaban J connectivity index is 1.64. The SMILES string of the molecule is Cc1cccc(C(=O)Nc2ccc3c(c2)Cc2ccccc2-3)c1[N+](=O)[O-]. The van der Waals surface area contributed by atoms with E-state index in [1.165, 1.54) is 22.8 Å². The summed E-state index contributed by atoms with van der Waals surface area (Å²) in [5.74, 6) is -0.476. The van der Waals surface area contributed by atoms with Crippen LogP contribution < -0.4 is 5.32 Å². The van der Waals surface area contributed by atoms with Crippen LogP contribution in [-0.2, 0) is 6.42 Å². The first-order chi connectivity index (χ1) is 12.5. The van der Waals surface area contributed by atoms with Crippen LogP contribution >= 0.6 is 0 Å². The van der Waals surface area contributed by atoms with E-state index < -0.39 is 10.8 Å². The number of nitrogens with one attached hydrogen (secondary N) is 1. The van der Waals surface area contributed by atoms with Crippen molar-refractivity contribution in [1.82, 2.24) is 0 Å². The molecule has 1 aliphatic rings. The highest BCUT2D eigenvalue weighted by Crippen LogP contribution is 2.37. The predicted octanol–water partition coefficient (Wildman–Crippen LogP) is 4.73. The largest absolute Gasteiger partial charge is 0.322 e. The van der Waals surface area contributed by atoms with Crippen molar-refractivity contribution in [3.8, 4) is 11.1 Å². The van der Waals surface area contributed by atoms with Crippen LogP contribution in [0.1, 0.15) is 27.0 Å². The molecule has 128 valence electrons. The lowest BCUT2D eigenvalue weighted by Gasteiger charge is -2.09. The lowest BCUT2D eigenvalue weighted by Crippen LogP contribution is -2.14. The van der Waals surface area contributed by atoms with Crippen LogP contribution in [0.2, 0.25) is 0 Å². The second-order valence-corrected chi connectivity index (χ2v) is 6.39. The number of hydrogen-bond donors (Lipinski definition) is 1. The monoisotopic (exact) mass is 344 g/mol. The third-order valence-electron chi connectivity index (χ3n) is 4.72. The van der Waals surface area contributed by atoms with E-state index in [0.717, 1.165) is 12.0 Å². The third-order valence-corrected chi connectivity index (χ3v) is 4.72. The summed E-state index contributed by atoms with van der Waals surface area (Å²) in [4.78, 5) is 23.4. The Hall–Kier alpha value is -3.47. The van der Waals surface area contributed by atoms with Crippen molar-refractivity contribution in [2.24, 2.45) is 0 Å². The zero-order valence-electron chi connectivity index (χ0n) is 14.2. The number of rotatable bonds is 3. The van der Waals surface area contributed by atoms with Crippen molar-refractivity contribution in [3.05, 3.63) is 93.0 Å². The zero-order chi connectivity index (χ0) is 18.3. The minimum atomic E-state index is -0.510. The second kappa shape index (κ2) is 6.11. The van der Waals surface area contributed by atoms with Gasteiger partial charge in [-0.2, -0.15) is 0 Å². The summed E-state index contributed by atoms with van der Waals surface area (Å²) in [5.41, 5.74) is 5.81. The number of carbonyl (C=O) groups excluding carboxylic acids is 1. The molecule has 26 heavy (non-hydrogen) atoms. The summed E-state index contributed by atoms with van der Waals surface area (Å²) in [6, 6.07) is 18.7. The number of carbonyl (C=O) groups is 1. The number of nitro benzene ring substituents is 1. The van der Waals surface area contributed by atoms with E-state index >= 15 is 0 Å². The Morgan fingerprint density at radius 2 is 1.77 bits per heavy atom. The van der Waals surface area contributed by atoms with E-state index in [1.807, 2.05) is 30.3 Å². The van der Waals surface area contributed by atoms with Gasteiger partial charge < -0.3 is 5.32 Å². The molecular formula is C21H16N2O3. The summed E-state index contributed by atoms with van der Waals surface area (Å²) < 4.78 is 0. The van der Waals surface area contributed by atoms with Crippen molar-refractivity contribution in [2.75, 3.05) is 5.32 Å². The number of para-hydroxylation sites is 1. The molecule has 3 aromatic carbocycles. The Morgan fingerprint density at radius 1 is 1.00 bits per heavy atom. The first kappa shape index (κ1) is 16.0. The molecule has 0 saturated heterocycles. The summed E-state index contributed by atoms with van der Waals surface area (Å²) in [5, 5.41) is 14.1. The maximum absolute atomic E-state index is 12.6. The molecule has 0 saturated carbocycles. The normalized spacial score (nSPS) is 11.6. The van der Waals surface area contributed by atoms with E-state index in [9.17, 15) is 14.9 Å². The smallest absolute Gasteiger partial charge is 0.285 e. The van der Waals surface area contributed by atoms with Crippen molar-refractivity contribution in [2.45, 2.75) is 13.3 Å². The molecule has 0 atom stereocenters. The van der Waals surface area contributed by atoms with Crippen molar-refractivity contribution >= 4 is 17.3 Å². The highest BCUT2D eigenvalue weighted by atomic mass is 16.6. The number of nitro groups is 1. The first-order valence-electron chi connectivity index (χ1n) is 8.31. The molecular weight excluding hydrogens is 328 g/mol. The number of fused-ring (bicyclic) bond motifs is 3. The Bertz CT molecular complexity index is 1060. The van der Waals surface area contributed by atoms with Gasteiger partial charge in [-0.25, -0.2) is 0 Å². The Kier molecular flexibility index (Phi) is 3.77. The number of nitrogens with zero attached hydrogens (tertiary/aromatic N) is 1. The van der Waals surface area contributed by atoms with Gasteiger partial charge in [0.1, 0.15) is 5.56 Å². The molecule has 1 aliphatic carbocycles. The average molecular weight is 344 g/mol. The Labute approximate surface area is 150 Å². The van der Waals surface area contributed by atoms with Gasteiger partial charge in [-0.1, -0.05) is 42.5 Å². The fourth-order valence-corrected chi connectivity index (χ4v) is 3.51. The lowest BCUT2D eigenvalue weighted by molar-refractivity contribution is -0.385. The molecule has 0 bridgehead atoms. The highest BCUT2D eigenvalue weighted by molar-refractivity contribution is 6.07. The number of aryl methyl sites for hydroxylation is 1. The standard InChI is InChI=1S/C21H16N2O3/c1-13-5-4-8-19(20(13)23(25)26)21(24)22-16-9-10-18-15(12-16)11-14-6-2-3-7-17(14)18/h2-10,12H,11H2,1H3,(H,22,24). The van der Waals surface area contributed by atoms with Crippen molar-refractivity contribution in [3.63, 3.8) is 0 Å². The van der Waals surface area contributed by atoms with Gasteiger partial charge in [-0.15, -0.1) is 0 Å². The fourth-order valence-electron chi connectivity index (χ4n) is 3.51. The van der Waals surface area contributed by atoms with Crippen molar-refractivity contribution < 1.29 is 9.72 Å². The average Bonchev–Trinajstić information content (AvgIpc) is 2.98. The van der Waals surface area contributed by atoms with Gasteiger partial charge in [0.25, 0.3) is 11.6 Å². The minimum Gasteiger partial charge on any atom is -0.322 e. The van der Waals surface area contributed by atoms with Crippen LogP contribution in [-0.4, -0.2) is 10.8 Å². The zero-order valence-corrected chi connectivity index (χ0v) is 14.2. The van der Waals surface area contributed by atoms with Crippen LogP contribution in [0.4, 0.5) is 11.4 Å². The molecule has 5 nitrogen and oxygen atoms in total. The predicted molar refractivity (Wildman–Crippen MR) is 100 cm³/mol. The third kappa shape index (κ3) is 2.63. The van der Waals surface area contributed by atoms with Crippen LogP contribution in [0.25, 0.3) is 11.1 Å². The number of anilines is 1. The number of amides is 1. The summed E-state index contributed by atoms with van der Waals surface area (Å²) in [6.07, 6.45) is 0.819. The van der Waals surface area contributed by atoms with E-state index in [4.69, 9.17) is 0 Å². The molecule has 5 heteroatoms. The van der Waals surface area contributed by atoms with Gasteiger partial charge in [0.05, 0.1) is 4.92 Å². The van der Waals surface area contributed by atoms with Gasteiger partial charge in [-0.3, -0.25) is 14.9 Å². The number of benzene rings is 3.